The standard InChI is InChI=1S/C14H14BrN3O2S/c1-20-12-5-3-2-4-11(12)16-9-14(19)18-17-8-10-6-7-13(15)21-10/h2-8,16H,9H2,1H3,(H,18,19)/b17-8-. The predicted molar refractivity (Wildman–Crippen MR) is 89.2 cm³/mol. The van der Waals surface area contributed by atoms with Crippen LogP contribution >= 0.6 is 27.3 Å². The van der Waals surface area contributed by atoms with Crippen molar-refractivity contribution >= 4 is 45.1 Å². The van der Waals surface area contributed by atoms with Crippen LogP contribution in [0.25, 0.3) is 0 Å². The van der Waals surface area contributed by atoms with Crippen LogP contribution in [0.4, 0.5) is 5.69 Å². The highest BCUT2D eigenvalue weighted by Crippen LogP contribution is 2.22. The molecule has 0 saturated carbocycles. The molecule has 7 heteroatoms. The number of hydrazone groups is 1. The fourth-order valence-electron chi connectivity index (χ4n) is 1.57. The quantitative estimate of drug-likeness (QED) is 0.609. The zero-order chi connectivity index (χ0) is 15.1. The number of hydrogen-bond acceptors (Lipinski definition) is 5. The first-order chi connectivity index (χ1) is 10.2. The maximum Gasteiger partial charge on any atom is 0.259 e. The lowest BCUT2D eigenvalue weighted by atomic mass is 10.3. The van der Waals surface area contributed by atoms with Crippen molar-refractivity contribution in [3.8, 4) is 5.75 Å². The number of rotatable bonds is 6. The number of ether oxygens (including phenoxy) is 1. The number of nitrogens with one attached hydrogen (secondary N) is 2. The number of methoxy groups -OCH3 is 1. The highest BCUT2D eigenvalue weighted by molar-refractivity contribution is 9.11. The maximum absolute atomic E-state index is 11.7. The van der Waals surface area contributed by atoms with Crippen LogP contribution in [-0.2, 0) is 4.79 Å². The first-order valence-electron chi connectivity index (χ1n) is 6.13. The van der Waals surface area contributed by atoms with Crippen LogP contribution in [0, 0.1) is 0 Å². The van der Waals surface area contributed by atoms with Gasteiger partial charge in [-0.25, -0.2) is 5.43 Å². The molecule has 1 aromatic heterocycles. The SMILES string of the molecule is COc1ccccc1NCC(=O)N/N=C\c1ccc(Br)s1. The highest BCUT2D eigenvalue weighted by atomic mass is 79.9. The molecule has 0 spiro atoms. The van der Waals surface area contributed by atoms with Gasteiger partial charge in [-0.1, -0.05) is 12.1 Å². The van der Waals surface area contributed by atoms with Gasteiger partial charge in [0.15, 0.2) is 0 Å². The summed E-state index contributed by atoms with van der Waals surface area (Å²) in [5.74, 6) is 0.463. The molecule has 21 heavy (non-hydrogen) atoms. The van der Waals surface area contributed by atoms with Crippen molar-refractivity contribution in [1.29, 1.82) is 0 Å². The Labute approximate surface area is 135 Å². The summed E-state index contributed by atoms with van der Waals surface area (Å²) in [6.07, 6.45) is 1.61. The van der Waals surface area contributed by atoms with E-state index in [-0.39, 0.29) is 12.5 Å². The Hall–Kier alpha value is -1.86. The molecule has 1 aromatic carbocycles. The largest absolute Gasteiger partial charge is 0.495 e. The lowest BCUT2D eigenvalue weighted by Gasteiger charge is -2.09. The van der Waals surface area contributed by atoms with E-state index in [1.807, 2.05) is 36.4 Å². The number of nitrogens with zero attached hydrogens (tertiary/aromatic N) is 1. The van der Waals surface area contributed by atoms with Crippen molar-refractivity contribution < 1.29 is 9.53 Å². The molecule has 5 nitrogen and oxygen atoms in total. The number of carbonyl (C=O) groups is 1. The number of anilines is 1. The molecule has 0 aliphatic rings. The van der Waals surface area contributed by atoms with Gasteiger partial charge in [-0.2, -0.15) is 5.10 Å². The highest BCUT2D eigenvalue weighted by Gasteiger charge is 2.03. The van der Waals surface area contributed by atoms with E-state index in [4.69, 9.17) is 4.74 Å². The molecular weight excluding hydrogens is 354 g/mol. The lowest BCUT2D eigenvalue weighted by Crippen LogP contribution is -2.25. The zero-order valence-electron chi connectivity index (χ0n) is 11.3. The van der Waals surface area contributed by atoms with Crippen LogP contribution < -0.4 is 15.5 Å². The van der Waals surface area contributed by atoms with E-state index < -0.39 is 0 Å². The number of halogens is 1. The average molecular weight is 368 g/mol. The van der Waals surface area contributed by atoms with E-state index in [1.165, 1.54) is 11.3 Å². The number of benzene rings is 1. The van der Waals surface area contributed by atoms with Gasteiger partial charge in [0, 0.05) is 4.88 Å². The summed E-state index contributed by atoms with van der Waals surface area (Å²) >= 11 is 4.90. The molecule has 0 bridgehead atoms. The minimum atomic E-state index is -0.229. The Morgan fingerprint density at radius 3 is 2.90 bits per heavy atom. The van der Waals surface area contributed by atoms with E-state index in [0.29, 0.717) is 5.75 Å². The Kier molecular flexibility index (Phi) is 5.77. The van der Waals surface area contributed by atoms with E-state index in [9.17, 15) is 4.79 Å². The number of hydrogen-bond donors (Lipinski definition) is 2. The Morgan fingerprint density at radius 1 is 1.38 bits per heavy atom. The molecule has 0 radical (unpaired) electrons. The van der Waals surface area contributed by atoms with Crippen molar-refractivity contribution in [3.05, 3.63) is 45.1 Å². The number of carbonyl (C=O) groups excluding carboxylic acids is 1. The van der Waals surface area contributed by atoms with Crippen LogP contribution in [0.2, 0.25) is 0 Å². The van der Waals surface area contributed by atoms with Gasteiger partial charge in [-0.3, -0.25) is 4.79 Å². The molecule has 110 valence electrons. The van der Waals surface area contributed by atoms with Crippen LogP contribution in [-0.4, -0.2) is 25.8 Å². The smallest absolute Gasteiger partial charge is 0.259 e. The molecule has 1 amide bonds. The monoisotopic (exact) mass is 367 g/mol. The maximum atomic E-state index is 11.7. The van der Waals surface area contributed by atoms with Crippen LogP contribution in [0.15, 0.2) is 45.3 Å². The predicted octanol–water partition coefficient (Wildman–Crippen LogP) is 3.08. The summed E-state index contributed by atoms with van der Waals surface area (Å²) in [7, 11) is 1.59. The molecule has 2 rings (SSSR count). The van der Waals surface area contributed by atoms with Crippen molar-refractivity contribution in [2.24, 2.45) is 5.10 Å². The lowest BCUT2D eigenvalue weighted by molar-refractivity contribution is -0.119. The third-order valence-corrected chi connectivity index (χ3v) is 4.08. The molecule has 0 atom stereocenters. The second-order valence-electron chi connectivity index (χ2n) is 3.99. The fourth-order valence-corrected chi connectivity index (χ4v) is 2.87. The summed E-state index contributed by atoms with van der Waals surface area (Å²) in [5, 5.41) is 6.90. The average Bonchev–Trinajstić information content (AvgIpc) is 2.91. The van der Waals surface area contributed by atoms with Gasteiger partial charge in [0.25, 0.3) is 5.91 Å². The van der Waals surface area contributed by atoms with E-state index in [1.54, 1.807) is 13.3 Å². The fraction of sp³-hybridized carbons (Fsp3) is 0.143. The second-order valence-corrected chi connectivity index (χ2v) is 6.48. The molecule has 2 aromatic rings. The molecular formula is C14H14BrN3O2S. The van der Waals surface area contributed by atoms with Crippen LogP contribution in [0.5, 0.6) is 5.75 Å². The first kappa shape index (κ1) is 15.5. The first-order valence-corrected chi connectivity index (χ1v) is 7.74. The van der Waals surface area contributed by atoms with Gasteiger partial charge < -0.3 is 10.1 Å². The normalized spacial score (nSPS) is 10.6. The molecule has 0 aliphatic heterocycles. The van der Waals surface area contributed by atoms with Crippen molar-refractivity contribution in [3.63, 3.8) is 0 Å². The van der Waals surface area contributed by atoms with Gasteiger partial charge in [-0.05, 0) is 40.2 Å². The van der Waals surface area contributed by atoms with Crippen molar-refractivity contribution in [2.75, 3.05) is 19.0 Å². The topological polar surface area (TPSA) is 62.7 Å². The van der Waals surface area contributed by atoms with Crippen molar-refractivity contribution in [2.45, 2.75) is 0 Å². The van der Waals surface area contributed by atoms with E-state index >= 15 is 0 Å². The molecule has 1 heterocycles. The molecule has 0 unspecified atom stereocenters. The van der Waals surface area contributed by atoms with Gasteiger partial charge >= 0.3 is 0 Å². The van der Waals surface area contributed by atoms with Crippen LogP contribution in [0.3, 0.4) is 0 Å². The van der Waals surface area contributed by atoms with E-state index in [2.05, 4.69) is 31.8 Å². The molecule has 0 fully saturated rings. The van der Waals surface area contributed by atoms with Crippen LogP contribution in [0.1, 0.15) is 4.88 Å². The summed E-state index contributed by atoms with van der Waals surface area (Å²) in [4.78, 5) is 12.6. The third kappa shape index (κ3) is 4.87. The minimum Gasteiger partial charge on any atom is -0.495 e. The van der Waals surface area contributed by atoms with Gasteiger partial charge in [0.2, 0.25) is 0 Å². The van der Waals surface area contributed by atoms with E-state index in [0.717, 1.165) is 14.4 Å². The molecule has 0 aliphatic carbocycles. The molecule has 0 saturated heterocycles. The summed E-state index contributed by atoms with van der Waals surface area (Å²) in [5.41, 5.74) is 3.23. The Balaban J connectivity index is 1.81. The third-order valence-electron chi connectivity index (χ3n) is 2.52. The summed E-state index contributed by atoms with van der Waals surface area (Å²) in [6.45, 7) is 0.117. The Bertz CT molecular complexity index is 643. The van der Waals surface area contributed by atoms with Gasteiger partial charge in [-0.15, -0.1) is 11.3 Å². The number of thiophene rings is 1. The van der Waals surface area contributed by atoms with Crippen molar-refractivity contribution in [1.82, 2.24) is 5.43 Å². The Morgan fingerprint density at radius 2 is 2.19 bits per heavy atom. The van der Waals surface area contributed by atoms with Gasteiger partial charge in [0.1, 0.15) is 5.75 Å². The summed E-state index contributed by atoms with van der Waals surface area (Å²) < 4.78 is 6.21. The zero-order valence-corrected chi connectivity index (χ0v) is 13.7. The summed E-state index contributed by atoms with van der Waals surface area (Å²) in [6, 6.07) is 11.3. The number of para-hydroxylation sites is 2. The second kappa shape index (κ2) is 7.80. The van der Waals surface area contributed by atoms with Gasteiger partial charge in [0.05, 0.1) is 29.3 Å². The minimum absolute atomic E-state index is 0.117. The molecule has 2 N–H and O–H groups in total. The number of amides is 1.